The molecule has 0 saturated heterocycles. The fraction of sp³-hybridized carbons (Fsp3) is 0.238. The van der Waals surface area contributed by atoms with E-state index in [1.54, 1.807) is 22.9 Å². The molecule has 3 aromatic rings. The van der Waals surface area contributed by atoms with E-state index >= 15 is 0 Å². The second-order valence-corrected chi connectivity index (χ2v) is 8.10. The van der Waals surface area contributed by atoms with E-state index in [9.17, 15) is 36.2 Å². The molecule has 0 spiro atoms. The first-order valence-electron chi connectivity index (χ1n) is 9.23. The number of benzene rings is 1. The second kappa shape index (κ2) is 9.70. The molecule has 3 rings (SSSR count). The van der Waals surface area contributed by atoms with Gasteiger partial charge in [-0.3, -0.25) is 4.79 Å². The maximum atomic E-state index is 13.2. The molecule has 0 aliphatic heterocycles. The molecular weight excluding hydrogens is 494 g/mol. The van der Waals surface area contributed by atoms with Crippen molar-refractivity contribution in [3.63, 3.8) is 0 Å². The van der Waals surface area contributed by atoms with Gasteiger partial charge in [0.15, 0.2) is 0 Å². The van der Waals surface area contributed by atoms with Crippen LogP contribution in [-0.4, -0.2) is 27.5 Å². The molecule has 2 aromatic heterocycles. The Balaban J connectivity index is 2.03. The van der Waals surface area contributed by atoms with Gasteiger partial charge in [-0.15, -0.1) is 0 Å². The van der Waals surface area contributed by atoms with Crippen LogP contribution in [0.1, 0.15) is 22.3 Å². The highest BCUT2D eigenvalue weighted by Gasteiger charge is 2.37. The summed E-state index contributed by atoms with van der Waals surface area (Å²) in [7, 11) is 0. The van der Waals surface area contributed by atoms with Crippen molar-refractivity contribution in [3.8, 4) is 11.1 Å². The van der Waals surface area contributed by atoms with E-state index in [1.165, 1.54) is 17.5 Å². The van der Waals surface area contributed by atoms with Gasteiger partial charge in [-0.1, -0.05) is 11.6 Å². The molecule has 1 aromatic carbocycles. The Morgan fingerprint density at radius 1 is 1.03 bits per heavy atom. The quantitative estimate of drug-likeness (QED) is 0.327. The highest BCUT2D eigenvalue weighted by molar-refractivity contribution is 7.08. The average Bonchev–Trinajstić information content (AvgIpc) is 3.27. The van der Waals surface area contributed by atoms with Crippen molar-refractivity contribution in [1.29, 1.82) is 0 Å². The van der Waals surface area contributed by atoms with Gasteiger partial charge in [-0.05, 0) is 57.8 Å². The van der Waals surface area contributed by atoms with Gasteiger partial charge >= 0.3 is 12.4 Å². The lowest BCUT2D eigenvalue weighted by Crippen LogP contribution is -2.33. The minimum Gasteiger partial charge on any atom is -0.387 e. The Kier molecular flexibility index (Phi) is 7.35. The van der Waals surface area contributed by atoms with Gasteiger partial charge < -0.3 is 10.0 Å². The van der Waals surface area contributed by atoms with Gasteiger partial charge in [0.25, 0.3) is 0 Å². The van der Waals surface area contributed by atoms with E-state index in [2.05, 4.69) is 4.98 Å². The number of aromatic nitrogens is 1. The number of aliphatic hydroxyl groups is 1. The summed E-state index contributed by atoms with van der Waals surface area (Å²) in [6, 6.07) is 4.49. The topological polar surface area (TPSA) is 53.4 Å². The van der Waals surface area contributed by atoms with Crippen LogP contribution in [0.2, 0.25) is 5.15 Å². The molecule has 2 heterocycles. The van der Waals surface area contributed by atoms with Crippen molar-refractivity contribution >= 4 is 28.8 Å². The summed E-state index contributed by atoms with van der Waals surface area (Å²) in [4.78, 5) is 17.2. The molecule has 0 saturated carbocycles. The summed E-state index contributed by atoms with van der Waals surface area (Å²) in [5.41, 5.74) is -1.73. The number of carbonyl (C=O) groups is 1. The summed E-state index contributed by atoms with van der Waals surface area (Å²) in [5.74, 6) is -0.905. The van der Waals surface area contributed by atoms with Crippen molar-refractivity contribution in [2.75, 3.05) is 6.61 Å². The number of hydrogen-bond donors (Lipinski definition) is 1. The molecule has 0 aliphatic carbocycles. The number of pyridine rings is 1. The van der Waals surface area contributed by atoms with E-state index in [-0.39, 0.29) is 17.8 Å². The van der Waals surface area contributed by atoms with Gasteiger partial charge in [0, 0.05) is 24.8 Å². The number of alkyl halides is 6. The molecule has 0 radical (unpaired) electrons. The molecule has 0 atom stereocenters. The molecule has 176 valence electrons. The van der Waals surface area contributed by atoms with Gasteiger partial charge in [-0.2, -0.15) is 37.7 Å². The van der Waals surface area contributed by atoms with Crippen LogP contribution < -0.4 is 0 Å². The Bertz CT molecular complexity index is 1100. The summed E-state index contributed by atoms with van der Waals surface area (Å²) < 4.78 is 79.2. The molecule has 1 amide bonds. The number of halogens is 7. The Morgan fingerprint density at radius 2 is 1.67 bits per heavy atom. The standard InChI is InChI=1S/C21H15ClF6N2O2S/c22-19-17(16(1-3-29-19)13-2-4-33-11-13)9-30(18(32)10-31)8-12-5-14(20(23,24)25)7-15(6-12)21(26,27)28/h1-7,11,31H,8-10H2. The van der Waals surface area contributed by atoms with E-state index in [4.69, 9.17) is 11.6 Å². The van der Waals surface area contributed by atoms with Crippen LogP contribution in [0.25, 0.3) is 11.1 Å². The summed E-state index contributed by atoms with van der Waals surface area (Å²) >= 11 is 7.60. The van der Waals surface area contributed by atoms with Crippen molar-refractivity contribution < 1.29 is 36.2 Å². The van der Waals surface area contributed by atoms with E-state index in [0.717, 1.165) is 10.5 Å². The third-order valence-corrected chi connectivity index (χ3v) is 5.70. The maximum Gasteiger partial charge on any atom is 0.416 e. The first-order chi connectivity index (χ1) is 15.4. The summed E-state index contributed by atoms with van der Waals surface area (Å²) in [5, 5.41) is 13.0. The number of aliphatic hydroxyl groups excluding tert-OH is 1. The lowest BCUT2D eigenvalue weighted by atomic mass is 10.0. The van der Waals surface area contributed by atoms with E-state index in [0.29, 0.717) is 23.3 Å². The molecule has 0 bridgehead atoms. The Morgan fingerprint density at radius 3 is 2.18 bits per heavy atom. The van der Waals surface area contributed by atoms with Gasteiger partial charge in [0.2, 0.25) is 5.91 Å². The summed E-state index contributed by atoms with van der Waals surface area (Å²) in [6.45, 7) is -1.92. The fourth-order valence-electron chi connectivity index (χ4n) is 3.16. The summed E-state index contributed by atoms with van der Waals surface area (Å²) in [6.07, 6.45) is -8.62. The largest absolute Gasteiger partial charge is 0.416 e. The molecule has 0 unspecified atom stereocenters. The van der Waals surface area contributed by atoms with Gasteiger partial charge in [-0.25, -0.2) is 4.98 Å². The van der Waals surface area contributed by atoms with E-state index in [1.807, 2.05) is 0 Å². The number of amides is 1. The first kappa shape index (κ1) is 25.0. The van der Waals surface area contributed by atoms with Crippen molar-refractivity contribution in [3.05, 3.63) is 74.7 Å². The predicted octanol–water partition coefficient (Wildman–Crippen LogP) is 6.02. The van der Waals surface area contributed by atoms with Gasteiger partial charge in [0.05, 0.1) is 11.1 Å². The second-order valence-electron chi connectivity index (χ2n) is 6.96. The van der Waals surface area contributed by atoms with Crippen LogP contribution >= 0.6 is 22.9 Å². The average molecular weight is 509 g/mol. The van der Waals surface area contributed by atoms with Crippen molar-refractivity contribution in [1.82, 2.24) is 9.88 Å². The van der Waals surface area contributed by atoms with Crippen LogP contribution in [0.4, 0.5) is 26.3 Å². The molecule has 4 nitrogen and oxygen atoms in total. The number of hydrogen-bond acceptors (Lipinski definition) is 4. The van der Waals surface area contributed by atoms with Crippen LogP contribution in [0.3, 0.4) is 0 Å². The number of rotatable bonds is 6. The highest BCUT2D eigenvalue weighted by atomic mass is 35.5. The number of thiophene rings is 1. The smallest absolute Gasteiger partial charge is 0.387 e. The third kappa shape index (κ3) is 6.04. The number of carbonyl (C=O) groups excluding carboxylic acids is 1. The van der Waals surface area contributed by atoms with Crippen LogP contribution in [0, 0.1) is 0 Å². The fourth-order valence-corrected chi connectivity index (χ4v) is 4.03. The van der Waals surface area contributed by atoms with Crippen LogP contribution in [0.15, 0.2) is 47.3 Å². The maximum absolute atomic E-state index is 13.2. The SMILES string of the molecule is O=C(CO)N(Cc1cc(C(F)(F)F)cc(C(F)(F)F)c1)Cc1c(-c2ccsc2)ccnc1Cl. The number of nitrogens with zero attached hydrogens (tertiary/aromatic N) is 2. The monoisotopic (exact) mass is 508 g/mol. The third-order valence-electron chi connectivity index (χ3n) is 4.69. The van der Waals surface area contributed by atoms with Crippen LogP contribution in [-0.2, 0) is 30.2 Å². The van der Waals surface area contributed by atoms with Crippen molar-refractivity contribution in [2.24, 2.45) is 0 Å². The molecule has 33 heavy (non-hydrogen) atoms. The molecular formula is C21H15ClF6N2O2S. The lowest BCUT2D eigenvalue weighted by molar-refractivity contribution is -0.143. The minimum absolute atomic E-state index is 0.00830. The molecule has 12 heteroatoms. The van der Waals surface area contributed by atoms with Crippen molar-refractivity contribution in [2.45, 2.75) is 25.4 Å². The first-order valence-corrected chi connectivity index (χ1v) is 10.5. The normalized spacial score (nSPS) is 12.1. The van der Waals surface area contributed by atoms with Crippen LogP contribution in [0.5, 0.6) is 0 Å². The zero-order chi connectivity index (χ0) is 24.4. The molecule has 1 N–H and O–H groups in total. The van der Waals surface area contributed by atoms with Gasteiger partial charge in [0.1, 0.15) is 11.8 Å². The zero-order valence-corrected chi connectivity index (χ0v) is 18.1. The molecule has 0 aliphatic rings. The Hall–Kier alpha value is -2.63. The lowest BCUT2D eigenvalue weighted by Gasteiger charge is -2.25. The zero-order valence-electron chi connectivity index (χ0n) is 16.5. The highest BCUT2D eigenvalue weighted by Crippen LogP contribution is 2.37. The Labute approximate surface area is 193 Å². The minimum atomic E-state index is -5.03. The predicted molar refractivity (Wildman–Crippen MR) is 110 cm³/mol. The molecule has 0 fully saturated rings. The van der Waals surface area contributed by atoms with E-state index < -0.39 is 48.1 Å².